The minimum atomic E-state index is -0.252. The van der Waals surface area contributed by atoms with Crippen molar-refractivity contribution >= 4 is 29.5 Å². The van der Waals surface area contributed by atoms with Crippen LogP contribution in [0.15, 0.2) is 23.4 Å². The first-order chi connectivity index (χ1) is 8.29. The van der Waals surface area contributed by atoms with Crippen molar-refractivity contribution in [2.75, 3.05) is 17.3 Å². The van der Waals surface area contributed by atoms with E-state index in [9.17, 15) is 4.79 Å². The van der Waals surface area contributed by atoms with Crippen molar-refractivity contribution in [2.45, 2.75) is 24.5 Å². The third kappa shape index (κ3) is 3.64. The molecule has 1 fully saturated rings. The van der Waals surface area contributed by atoms with Gasteiger partial charge in [0.1, 0.15) is 6.10 Å². The highest BCUT2D eigenvalue weighted by Crippen LogP contribution is 2.21. The lowest BCUT2D eigenvalue weighted by molar-refractivity contribution is 0.0356. The summed E-state index contributed by atoms with van der Waals surface area (Å²) in [6.45, 7) is 2.08. The van der Waals surface area contributed by atoms with Crippen LogP contribution in [0, 0.1) is 0 Å². The second-order valence-corrected chi connectivity index (χ2v) is 6.14. The fraction of sp³-hybridized carbons (Fsp3) is 0.500. The molecule has 0 spiro atoms. The van der Waals surface area contributed by atoms with Gasteiger partial charge in [-0.3, -0.25) is 0 Å². The summed E-state index contributed by atoms with van der Waals surface area (Å²) in [7, 11) is 0. The maximum Gasteiger partial charge on any atom is 0.340 e. The van der Waals surface area contributed by atoms with Gasteiger partial charge in [0.15, 0.2) is 0 Å². The second kappa shape index (κ2) is 6.31. The summed E-state index contributed by atoms with van der Waals surface area (Å²) in [5, 5.41) is 0.945. The molecule has 2 heterocycles. The molecule has 1 unspecified atom stereocenters. The van der Waals surface area contributed by atoms with Crippen LogP contribution in [-0.2, 0) is 4.74 Å². The second-order valence-electron chi connectivity index (χ2n) is 3.71. The van der Waals surface area contributed by atoms with Crippen molar-refractivity contribution in [3.05, 3.63) is 23.9 Å². The van der Waals surface area contributed by atoms with Crippen molar-refractivity contribution in [1.29, 1.82) is 0 Å². The monoisotopic (exact) mass is 269 g/mol. The molecule has 0 amide bonds. The Balaban J connectivity index is 1.93. The molecule has 0 aromatic carbocycles. The zero-order valence-electron chi connectivity index (χ0n) is 9.72. The van der Waals surface area contributed by atoms with Gasteiger partial charge in [-0.25, -0.2) is 9.78 Å². The third-order valence-electron chi connectivity index (χ3n) is 2.43. The Hall–Kier alpha value is -0.680. The molecule has 17 heavy (non-hydrogen) atoms. The molecule has 1 aliphatic rings. The Kier molecular flexibility index (Phi) is 4.74. The average Bonchev–Trinajstić information content (AvgIpc) is 2.83. The van der Waals surface area contributed by atoms with Crippen LogP contribution >= 0.6 is 23.5 Å². The largest absolute Gasteiger partial charge is 0.458 e. The van der Waals surface area contributed by atoms with Gasteiger partial charge in [0.05, 0.1) is 10.6 Å². The van der Waals surface area contributed by atoms with Crippen LogP contribution in [0.1, 0.15) is 23.7 Å². The third-order valence-corrected chi connectivity index (χ3v) is 4.38. The molecule has 2 rings (SSSR count). The van der Waals surface area contributed by atoms with Crippen LogP contribution in [0.2, 0.25) is 0 Å². The number of nitrogens with zero attached hydrogens (tertiary/aromatic N) is 1. The van der Waals surface area contributed by atoms with E-state index >= 15 is 0 Å². The number of pyridine rings is 1. The van der Waals surface area contributed by atoms with Gasteiger partial charge in [-0.1, -0.05) is 6.92 Å². The van der Waals surface area contributed by atoms with E-state index in [0.717, 1.165) is 28.7 Å². The summed E-state index contributed by atoms with van der Waals surface area (Å²) in [6.07, 6.45) is 2.65. The van der Waals surface area contributed by atoms with E-state index < -0.39 is 0 Å². The zero-order chi connectivity index (χ0) is 12.1. The zero-order valence-corrected chi connectivity index (χ0v) is 11.4. The van der Waals surface area contributed by atoms with Gasteiger partial charge >= 0.3 is 5.97 Å². The van der Waals surface area contributed by atoms with Crippen molar-refractivity contribution in [3.8, 4) is 0 Å². The quantitative estimate of drug-likeness (QED) is 0.621. The fourth-order valence-corrected chi connectivity index (χ4v) is 3.24. The van der Waals surface area contributed by atoms with Crippen LogP contribution in [0.3, 0.4) is 0 Å². The van der Waals surface area contributed by atoms with E-state index in [-0.39, 0.29) is 12.1 Å². The first-order valence-electron chi connectivity index (χ1n) is 5.67. The van der Waals surface area contributed by atoms with Crippen molar-refractivity contribution in [1.82, 2.24) is 4.98 Å². The van der Waals surface area contributed by atoms with E-state index in [0.29, 0.717) is 5.56 Å². The lowest BCUT2D eigenvalue weighted by Gasteiger charge is -2.10. The number of esters is 1. The molecule has 0 bridgehead atoms. The normalized spacial score (nSPS) is 19.2. The van der Waals surface area contributed by atoms with Gasteiger partial charge in [0, 0.05) is 11.9 Å². The van der Waals surface area contributed by atoms with Crippen molar-refractivity contribution in [2.24, 2.45) is 0 Å². The number of carbonyl (C=O) groups is 1. The first-order valence-corrected chi connectivity index (χ1v) is 7.81. The van der Waals surface area contributed by atoms with Gasteiger partial charge < -0.3 is 4.74 Å². The molecule has 3 nitrogen and oxygen atoms in total. The summed E-state index contributed by atoms with van der Waals surface area (Å²) in [5.74, 6) is 2.74. The maximum absolute atomic E-state index is 11.8. The number of ether oxygens (including phenoxy) is 1. The Morgan fingerprint density at radius 2 is 2.53 bits per heavy atom. The standard InChI is InChI=1S/C12H15NO2S2/c1-2-17-11-4-3-9(7-13-11)12(14)15-10-5-6-16-8-10/h3-4,7,10H,2,5-6,8H2,1H3. The molecule has 0 aliphatic carbocycles. The van der Waals surface area contributed by atoms with Crippen LogP contribution in [-0.4, -0.2) is 34.3 Å². The molecule has 1 aromatic heterocycles. The molecule has 0 radical (unpaired) electrons. The van der Waals surface area contributed by atoms with E-state index in [2.05, 4.69) is 11.9 Å². The van der Waals surface area contributed by atoms with Gasteiger partial charge in [0.25, 0.3) is 0 Å². The van der Waals surface area contributed by atoms with E-state index in [4.69, 9.17) is 4.74 Å². The molecular weight excluding hydrogens is 254 g/mol. The summed E-state index contributed by atoms with van der Waals surface area (Å²) in [4.78, 5) is 16.0. The number of thioether (sulfide) groups is 2. The van der Waals surface area contributed by atoms with E-state index in [1.165, 1.54) is 0 Å². The Labute approximate surface area is 110 Å². The number of rotatable bonds is 4. The number of hydrogen-bond acceptors (Lipinski definition) is 5. The van der Waals surface area contributed by atoms with E-state index in [1.54, 1.807) is 24.0 Å². The molecule has 0 saturated carbocycles. The minimum Gasteiger partial charge on any atom is -0.458 e. The number of carbonyl (C=O) groups excluding carboxylic acids is 1. The highest BCUT2D eigenvalue weighted by molar-refractivity contribution is 7.99. The summed E-state index contributed by atoms with van der Waals surface area (Å²) in [5.41, 5.74) is 0.544. The van der Waals surface area contributed by atoms with E-state index in [1.807, 2.05) is 17.8 Å². The SMILES string of the molecule is CCSc1ccc(C(=O)OC2CCSC2)cn1. The highest BCUT2D eigenvalue weighted by atomic mass is 32.2. The molecule has 1 aliphatic heterocycles. The Morgan fingerprint density at radius 1 is 1.65 bits per heavy atom. The molecule has 1 aromatic rings. The van der Waals surface area contributed by atoms with Gasteiger partial charge in [-0.2, -0.15) is 11.8 Å². The van der Waals surface area contributed by atoms with Crippen molar-refractivity contribution < 1.29 is 9.53 Å². The molecule has 5 heteroatoms. The first kappa shape index (κ1) is 12.8. The Morgan fingerprint density at radius 3 is 3.12 bits per heavy atom. The highest BCUT2D eigenvalue weighted by Gasteiger charge is 2.20. The molecule has 1 atom stereocenters. The fourth-order valence-electron chi connectivity index (χ4n) is 1.56. The van der Waals surface area contributed by atoms with Crippen LogP contribution < -0.4 is 0 Å². The molecule has 0 N–H and O–H groups in total. The number of aromatic nitrogens is 1. The average molecular weight is 269 g/mol. The van der Waals surface area contributed by atoms with Gasteiger partial charge in [0.2, 0.25) is 0 Å². The summed E-state index contributed by atoms with van der Waals surface area (Å²) >= 11 is 3.49. The van der Waals surface area contributed by atoms with Crippen LogP contribution in [0.5, 0.6) is 0 Å². The van der Waals surface area contributed by atoms with Crippen LogP contribution in [0.25, 0.3) is 0 Å². The maximum atomic E-state index is 11.8. The lowest BCUT2D eigenvalue weighted by Crippen LogP contribution is -2.17. The van der Waals surface area contributed by atoms with Crippen LogP contribution in [0.4, 0.5) is 0 Å². The molecule has 92 valence electrons. The van der Waals surface area contributed by atoms with Crippen molar-refractivity contribution in [3.63, 3.8) is 0 Å². The van der Waals surface area contributed by atoms with Gasteiger partial charge in [-0.05, 0) is 30.1 Å². The topological polar surface area (TPSA) is 39.2 Å². The predicted octanol–water partition coefficient (Wildman–Crippen LogP) is 2.86. The predicted molar refractivity (Wildman–Crippen MR) is 71.8 cm³/mol. The summed E-state index contributed by atoms with van der Waals surface area (Å²) < 4.78 is 5.39. The molecular formula is C12H15NO2S2. The van der Waals surface area contributed by atoms with Gasteiger partial charge in [-0.15, -0.1) is 11.8 Å². The minimum absolute atomic E-state index is 0.0807. The Bertz CT molecular complexity index is 375. The summed E-state index contributed by atoms with van der Waals surface area (Å²) in [6, 6.07) is 3.66. The number of hydrogen-bond donors (Lipinski definition) is 0. The lowest BCUT2D eigenvalue weighted by atomic mass is 10.3. The smallest absolute Gasteiger partial charge is 0.340 e. The molecule has 1 saturated heterocycles.